The second-order valence-corrected chi connectivity index (χ2v) is 15.1. The van der Waals surface area contributed by atoms with Gasteiger partial charge in [-0.2, -0.15) is 0 Å². The van der Waals surface area contributed by atoms with Crippen LogP contribution in [0.1, 0.15) is 69.9 Å². The number of aliphatic imine (C=N–C) groups is 1. The Labute approximate surface area is 345 Å². The number of hydrogen-bond donors (Lipinski definition) is 5. The predicted octanol–water partition coefficient (Wildman–Crippen LogP) is 4.11. The maximum absolute atomic E-state index is 12.6. The van der Waals surface area contributed by atoms with Gasteiger partial charge in [-0.05, 0) is 53.9 Å². The quantitative estimate of drug-likeness (QED) is 0.0669. The molecule has 2 aliphatic rings. The summed E-state index contributed by atoms with van der Waals surface area (Å²) in [6.07, 6.45) is 1.26. The molecule has 0 radical (unpaired) electrons. The zero-order valence-corrected chi connectivity index (χ0v) is 34.2. The molecule has 322 valence electrons. The number of aliphatic hydroxyl groups is 1. The van der Waals surface area contributed by atoms with Crippen LogP contribution in [0.4, 0.5) is 4.79 Å². The van der Waals surface area contributed by atoms with Crippen molar-refractivity contribution in [1.29, 1.82) is 0 Å². The number of rotatable bonds is 26. The zero-order valence-electron chi connectivity index (χ0n) is 34.2. The van der Waals surface area contributed by atoms with E-state index in [2.05, 4.69) is 45.2 Å². The van der Waals surface area contributed by atoms with E-state index in [1.165, 1.54) is 11.1 Å². The average Bonchev–Trinajstić information content (AvgIpc) is 3.51. The molecule has 4 rings (SSSR count). The van der Waals surface area contributed by atoms with Crippen LogP contribution in [0.15, 0.2) is 64.9 Å². The van der Waals surface area contributed by atoms with E-state index in [0.29, 0.717) is 25.8 Å². The summed E-state index contributed by atoms with van der Waals surface area (Å²) in [5.41, 5.74) is 4.59. The molecule has 0 heterocycles. The van der Waals surface area contributed by atoms with Crippen molar-refractivity contribution in [3.8, 4) is 11.1 Å². The molecule has 0 fully saturated rings. The lowest BCUT2D eigenvalue weighted by molar-refractivity contribution is -0.138. The van der Waals surface area contributed by atoms with Gasteiger partial charge in [-0.3, -0.25) is 19.4 Å². The Morgan fingerprint density at radius 3 is 1.88 bits per heavy atom. The van der Waals surface area contributed by atoms with Gasteiger partial charge in [0.2, 0.25) is 11.8 Å². The number of carboxylic acid groups (broad SMARTS) is 1. The molecule has 0 aliphatic heterocycles. The summed E-state index contributed by atoms with van der Waals surface area (Å²) in [6.45, 7) is 7.46. The number of hydrogen-bond acceptors (Lipinski definition) is 12. The number of benzene rings is 2. The number of Topliss-reactive ketones (excluding diaryl/α,β-unsaturated/α-hetero) is 1. The molecule has 0 aromatic heterocycles. The fourth-order valence-corrected chi connectivity index (χ4v) is 6.94. The number of amides is 3. The molecule has 0 spiro atoms. The van der Waals surface area contributed by atoms with E-state index in [-0.39, 0.29) is 131 Å². The molecule has 16 nitrogen and oxygen atoms in total. The van der Waals surface area contributed by atoms with Gasteiger partial charge in [0.15, 0.2) is 5.78 Å². The van der Waals surface area contributed by atoms with E-state index in [4.69, 9.17) is 23.7 Å². The first kappa shape index (κ1) is 46.5. The Hall–Kier alpha value is -5.16. The van der Waals surface area contributed by atoms with Crippen LogP contribution >= 0.6 is 0 Å². The van der Waals surface area contributed by atoms with Crippen LogP contribution in [-0.2, 0) is 42.9 Å². The van der Waals surface area contributed by atoms with Crippen molar-refractivity contribution in [3.63, 3.8) is 0 Å². The smallest absolute Gasteiger partial charge is 0.407 e. The molecule has 0 unspecified atom stereocenters. The van der Waals surface area contributed by atoms with Crippen molar-refractivity contribution in [2.75, 3.05) is 79.1 Å². The molecule has 1 atom stereocenters. The summed E-state index contributed by atoms with van der Waals surface area (Å²) in [6, 6.07) is 15.2. The van der Waals surface area contributed by atoms with E-state index in [1.54, 1.807) is 6.92 Å². The molecule has 0 saturated carbocycles. The van der Waals surface area contributed by atoms with Crippen LogP contribution in [0.3, 0.4) is 0 Å². The maximum Gasteiger partial charge on any atom is 0.407 e. The van der Waals surface area contributed by atoms with Crippen LogP contribution in [0.2, 0.25) is 0 Å². The number of carbonyl (C=O) groups is 5. The molecule has 2 aliphatic carbocycles. The Bertz CT molecular complexity index is 1760. The molecule has 5 N–H and O–H groups in total. The number of unbranched alkanes of at least 4 members (excludes halogenated alkanes) is 1. The largest absolute Gasteiger partial charge is 0.511 e. The van der Waals surface area contributed by atoms with Gasteiger partial charge in [0, 0.05) is 44.1 Å². The first-order valence-electron chi connectivity index (χ1n) is 20.0. The highest BCUT2D eigenvalue weighted by Gasteiger charge is 2.34. The summed E-state index contributed by atoms with van der Waals surface area (Å²) in [7, 11) is 0. The van der Waals surface area contributed by atoms with Crippen LogP contribution < -0.4 is 16.0 Å². The molecule has 3 amide bonds. The summed E-state index contributed by atoms with van der Waals surface area (Å²) in [4.78, 5) is 64.9. The summed E-state index contributed by atoms with van der Waals surface area (Å²) in [5, 5.41) is 28.1. The van der Waals surface area contributed by atoms with Gasteiger partial charge in [0.1, 0.15) is 31.6 Å². The molecule has 0 saturated heterocycles. The fraction of sp³-hybridized carbons (Fsp3) is 0.535. The fourth-order valence-electron chi connectivity index (χ4n) is 6.94. The predicted molar refractivity (Wildman–Crippen MR) is 218 cm³/mol. The van der Waals surface area contributed by atoms with E-state index in [9.17, 15) is 34.2 Å². The van der Waals surface area contributed by atoms with Gasteiger partial charge in [-0.25, -0.2) is 9.59 Å². The van der Waals surface area contributed by atoms with Gasteiger partial charge >= 0.3 is 12.1 Å². The lowest BCUT2D eigenvalue weighted by atomic mass is 9.75. The van der Waals surface area contributed by atoms with Crippen molar-refractivity contribution in [3.05, 3.63) is 71.0 Å². The number of fused-ring (bicyclic) bond motifs is 3. The highest BCUT2D eigenvalue weighted by Crippen LogP contribution is 2.44. The van der Waals surface area contributed by atoms with Crippen molar-refractivity contribution in [2.45, 2.75) is 64.8 Å². The van der Waals surface area contributed by atoms with E-state index >= 15 is 0 Å². The molecular weight excluding hydrogens is 764 g/mol. The van der Waals surface area contributed by atoms with Gasteiger partial charge in [-0.1, -0.05) is 62.4 Å². The highest BCUT2D eigenvalue weighted by atomic mass is 16.6. The third kappa shape index (κ3) is 15.5. The number of carboxylic acids is 1. The summed E-state index contributed by atoms with van der Waals surface area (Å²) >= 11 is 0. The van der Waals surface area contributed by atoms with Gasteiger partial charge in [-0.15, -0.1) is 0 Å². The van der Waals surface area contributed by atoms with Gasteiger partial charge < -0.3 is 49.8 Å². The second-order valence-electron chi connectivity index (χ2n) is 15.1. The summed E-state index contributed by atoms with van der Waals surface area (Å²) in [5.74, 6) is -2.07. The Morgan fingerprint density at radius 2 is 1.31 bits per heavy atom. The molecular formula is C43H58N4O12. The Balaban J connectivity index is 0.916. The number of alkyl carbamates (subject to hydrolysis) is 1. The third-order valence-electron chi connectivity index (χ3n) is 9.71. The number of nitrogens with one attached hydrogen (secondary N) is 3. The number of allylic oxidation sites excluding steroid dienone is 2. The minimum atomic E-state index is -1.13. The second kappa shape index (κ2) is 24.1. The van der Waals surface area contributed by atoms with Crippen molar-refractivity contribution >= 4 is 35.4 Å². The van der Waals surface area contributed by atoms with Crippen molar-refractivity contribution in [1.82, 2.24) is 16.0 Å². The molecule has 16 heteroatoms. The highest BCUT2D eigenvalue weighted by molar-refractivity contribution is 6.22. The van der Waals surface area contributed by atoms with Crippen molar-refractivity contribution in [2.24, 2.45) is 10.4 Å². The number of aliphatic hydroxyl groups excluding tert-OH is 1. The molecule has 2 aromatic rings. The molecule has 2 aromatic carbocycles. The van der Waals surface area contributed by atoms with E-state index in [1.807, 2.05) is 38.1 Å². The minimum absolute atomic E-state index is 0.0107. The first-order valence-corrected chi connectivity index (χ1v) is 20.0. The number of nitrogens with zero attached hydrogens (tertiary/aromatic N) is 1. The topological polar surface area (TPSA) is 220 Å². The van der Waals surface area contributed by atoms with Crippen LogP contribution in [-0.4, -0.2) is 131 Å². The SMILES string of the molecule is CC(=N[C@@H](CCCCNC(=O)COCCOCCNC(=O)COCCOCCNC(=O)OCC1c2ccccc2-c2ccccc21)C(=O)O)C1=C(O)CC(C)(C)CC1=O. The lowest BCUT2D eigenvalue weighted by Crippen LogP contribution is -2.32. The van der Waals surface area contributed by atoms with Crippen LogP contribution in [0, 0.1) is 5.41 Å². The standard InChI is InChI=1S/C43H58N4O12/c1-29(40-36(48)24-43(2,3)25-37(40)49)47-35(41(52)53)14-8-9-15-44-38(50)27-57-22-20-55-18-16-45-39(51)28-58-23-21-56-19-17-46-42(54)59-26-34-32-12-6-4-10-30(32)31-11-5-7-13-33(31)34/h4-7,10-13,34-35,48H,8-9,14-28H2,1-3H3,(H,44,50)(H,45,51)(H,46,54)(H,52,53)/t35-/m0/s1. The monoisotopic (exact) mass is 822 g/mol. The van der Waals surface area contributed by atoms with Crippen molar-refractivity contribution < 1.29 is 57.9 Å². The number of aliphatic carboxylic acids is 1. The maximum atomic E-state index is 12.6. The lowest BCUT2D eigenvalue weighted by Gasteiger charge is -2.29. The van der Waals surface area contributed by atoms with E-state index in [0.717, 1.165) is 11.1 Å². The molecule has 59 heavy (non-hydrogen) atoms. The average molecular weight is 823 g/mol. The minimum Gasteiger partial charge on any atom is -0.511 e. The zero-order chi connectivity index (χ0) is 42.6. The van der Waals surface area contributed by atoms with Gasteiger partial charge in [0.25, 0.3) is 0 Å². The number of ether oxygens (including phenoxy) is 5. The summed E-state index contributed by atoms with van der Waals surface area (Å²) < 4.78 is 27.0. The number of carbonyl (C=O) groups excluding carboxylic acids is 4. The third-order valence-corrected chi connectivity index (χ3v) is 9.71. The van der Waals surface area contributed by atoms with Gasteiger partial charge in [0.05, 0.1) is 45.2 Å². The normalized spacial score (nSPS) is 15.3. The van der Waals surface area contributed by atoms with Crippen LogP contribution in [0.25, 0.3) is 11.1 Å². The number of ketones is 1. The Kier molecular flexibility index (Phi) is 19.0. The first-order chi connectivity index (χ1) is 28.4. The van der Waals surface area contributed by atoms with Crippen LogP contribution in [0.5, 0.6) is 0 Å². The Morgan fingerprint density at radius 1 is 0.763 bits per heavy atom. The molecule has 0 bridgehead atoms. The van der Waals surface area contributed by atoms with E-state index < -0.39 is 18.1 Å².